The minimum absolute atomic E-state index is 0.0193. The fraction of sp³-hybridized carbons (Fsp3) is 0.561. The minimum Gasteiger partial charge on any atom is -0.444 e. The summed E-state index contributed by atoms with van der Waals surface area (Å²) in [6, 6.07) is 8.19. The topological polar surface area (TPSA) is 157 Å². The summed E-state index contributed by atoms with van der Waals surface area (Å²) in [7, 11) is 0. The second-order valence-corrected chi connectivity index (χ2v) is 18.0. The van der Waals surface area contributed by atoms with E-state index in [1.807, 2.05) is 90.5 Å². The van der Waals surface area contributed by atoms with Crippen LogP contribution in [0.2, 0.25) is 0 Å². The summed E-state index contributed by atoms with van der Waals surface area (Å²) < 4.78 is 5.53. The van der Waals surface area contributed by atoms with Gasteiger partial charge in [-0.1, -0.05) is 45.0 Å². The van der Waals surface area contributed by atoms with Crippen LogP contribution >= 0.6 is 11.3 Å². The normalized spacial score (nSPS) is 20.2. The average molecular weight is 774 g/mol. The zero-order valence-electron chi connectivity index (χ0n) is 33.0. The number of carbonyl (C=O) groups is 4. The zero-order chi connectivity index (χ0) is 39.7. The van der Waals surface area contributed by atoms with Crippen molar-refractivity contribution >= 4 is 40.8 Å². The number of pyridine rings is 1. The number of aliphatic hydroxyl groups excluding tert-OH is 1. The number of benzene rings is 1. The number of β-amino-alcohol motifs (C(OH)–C–C–N with tert-alkyl or cyclic N) is 1. The van der Waals surface area contributed by atoms with Gasteiger partial charge in [0.05, 0.1) is 22.2 Å². The van der Waals surface area contributed by atoms with Gasteiger partial charge in [-0.15, -0.1) is 11.3 Å². The Balaban J connectivity index is 1.04. The Bertz CT molecular complexity index is 1850. The SMILES string of the molecule is Cc1ncsc1-c1ccc(CNC(=O)[C@@H]2C[C@@H](O)CN2C(=O)[C@@H](NC(=O)C2CCN(c3ccncc3C3CN(C(=O)OC(C)(C)C)C3)CC2)C(C)(C)C)cc1. The van der Waals surface area contributed by atoms with E-state index in [1.54, 1.807) is 22.4 Å². The van der Waals surface area contributed by atoms with E-state index < -0.39 is 29.2 Å². The van der Waals surface area contributed by atoms with Crippen LogP contribution in [0.4, 0.5) is 10.5 Å². The van der Waals surface area contributed by atoms with E-state index in [0.717, 1.165) is 32.9 Å². The van der Waals surface area contributed by atoms with Crippen molar-refractivity contribution in [2.45, 2.75) is 104 Å². The van der Waals surface area contributed by atoms with Gasteiger partial charge >= 0.3 is 6.09 Å². The van der Waals surface area contributed by atoms with Crippen molar-refractivity contribution in [3.05, 3.63) is 65.1 Å². The van der Waals surface area contributed by atoms with Crippen molar-refractivity contribution in [1.82, 2.24) is 30.4 Å². The van der Waals surface area contributed by atoms with E-state index in [-0.39, 0.29) is 55.2 Å². The molecule has 6 rings (SSSR count). The third-order valence-corrected chi connectivity index (χ3v) is 11.7. The predicted molar refractivity (Wildman–Crippen MR) is 211 cm³/mol. The van der Waals surface area contributed by atoms with Gasteiger partial charge in [-0.25, -0.2) is 9.78 Å². The summed E-state index contributed by atoms with van der Waals surface area (Å²) in [5, 5.41) is 16.7. The second-order valence-electron chi connectivity index (χ2n) is 17.2. The Labute approximate surface area is 327 Å². The van der Waals surface area contributed by atoms with E-state index in [9.17, 15) is 24.3 Å². The Hall–Kier alpha value is -4.56. The molecule has 4 amide bonds. The molecule has 3 saturated heterocycles. The molecule has 14 heteroatoms. The van der Waals surface area contributed by atoms with Gasteiger partial charge in [0.1, 0.15) is 17.7 Å². The maximum Gasteiger partial charge on any atom is 0.410 e. The molecule has 0 radical (unpaired) electrons. The molecular weight excluding hydrogens is 719 g/mol. The minimum atomic E-state index is -0.889. The fourth-order valence-electron chi connectivity index (χ4n) is 7.58. The van der Waals surface area contributed by atoms with Crippen LogP contribution in [0.3, 0.4) is 0 Å². The van der Waals surface area contributed by atoms with E-state index in [4.69, 9.17) is 4.74 Å². The average Bonchev–Trinajstić information content (AvgIpc) is 3.73. The van der Waals surface area contributed by atoms with Gasteiger partial charge in [0.15, 0.2) is 0 Å². The van der Waals surface area contributed by atoms with Gasteiger partial charge < -0.3 is 35.2 Å². The van der Waals surface area contributed by atoms with Gasteiger partial charge in [0, 0.05) is 81.2 Å². The predicted octanol–water partition coefficient (Wildman–Crippen LogP) is 4.87. The quantitative estimate of drug-likeness (QED) is 0.276. The number of hydrogen-bond donors (Lipinski definition) is 3. The molecule has 0 spiro atoms. The molecular formula is C41H55N7O6S. The molecule has 3 atom stereocenters. The van der Waals surface area contributed by atoms with Crippen molar-refractivity contribution in [3.8, 4) is 10.4 Å². The summed E-state index contributed by atoms with van der Waals surface area (Å²) in [4.78, 5) is 69.3. The fourth-order valence-corrected chi connectivity index (χ4v) is 8.39. The number of aromatic nitrogens is 2. The first-order chi connectivity index (χ1) is 26.0. The number of anilines is 1. The molecule has 2 aromatic heterocycles. The van der Waals surface area contributed by atoms with Crippen molar-refractivity contribution in [2.75, 3.05) is 37.6 Å². The van der Waals surface area contributed by atoms with Gasteiger partial charge in [0.2, 0.25) is 17.7 Å². The largest absolute Gasteiger partial charge is 0.444 e. The lowest BCUT2D eigenvalue weighted by molar-refractivity contribution is -0.144. The molecule has 3 aromatic rings. The third kappa shape index (κ3) is 9.46. The molecule has 0 bridgehead atoms. The van der Waals surface area contributed by atoms with E-state index in [1.165, 1.54) is 4.90 Å². The molecule has 296 valence electrons. The molecule has 3 aliphatic rings. The number of nitrogens with zero attached hydrogens (tertiary/aromatic N) is 5. The number of aryl methyl sites for hydroxylation is 1. The van der Waals surface area contributed by atoms with Crippen molar-refractivity contribution < 1.29 is 29.0 Å². The number of rotatable bonds is 9. The Morgan fingerprint density at radius 1 is 0.982 bits per heavy atom. The number of nitrogens with one attached hydrogen (secondary N) is 2. The molecule has 1 aromatic carbocycles. The summed E-state index contributed by atoms with van der Waals surface area (Å²) in [6.45, 7) is 16.0. The molecule has 13 nitrogen and oxygen atoms in total. The molecule has 0 unspecified atom stereocenters. The number of likely N-dealkylation sites (tertiary alicyclic amines) is 2. The molecule has 0 saturated carbocycles. The number of thiazole rings is 1. The number of ether oxygens (including phenoxy) is 1. The number of amides is 4. The Morgan fingerprint density at radius 2 is 1.67 bits per heavy atom. The molecule has 55 heavy (non-hydrogen) atoms. The summed E-state index contributed by atoms with van der Waals surface area (Å²) in [5.41, 5.74) is 5.71. The van der Waals surface area contributed by atoms with Crippen LogP contribution in [-0.2, 0) is 25.7 Å². The highest BCUT2D eigenvalue weighted by Crippen LogP contribution is 2.36. The van der Waals surface area contributed by atoms with Crippen LogP contribution in [-0.4, -0.2) is 105 Å². The van der Waals surface area contributed by atoms with Crippen LogP contribution < -0.4 is 15.5 Å². The summed E-state index contributed by atoms with van der Waals surface area (Å²) in [5.74, 6) is -1.04. The van der Waals surface area contributed by atoms with Crippen LogP contribution in [0.15, 0.2) is 48.2 Å². The van der Waals surface area contributed by atoms with E-state index in [0.29, 0.717) is 39.0 Å². The van der Waals surface area contributed by atoms with E-state index in [2.05, 4.69) is 25.5 Å². The van der Waals surface area contributed by atoms with Gasteiger partial charge in [-0.3, -0.25) is 19.4 Å². The zero-order valence-corrected chi connectivity index (χ0v) is 33.8. The summed E-state index contributed by atoms with van der Waals surface area (Å²) in [6.07, 6.45) is 3.81. The maximum absolute atomic E-state index is 14.2. The van der Waals surface area contributed by atoms with Gasteiger partial charge in [-0.2, -0.15) is 0 Å². The molecule has 3 fully saturated rings. The Morgan fingerprint density at radius 3 is 2.29 bits per heavy atom. The van der Waals surface area contributed by atoms with Gasteiger partial charge in [0.25, 0.3) is 0 Å². The monoisotopic (exact) mass is 773 g/mol. The highest BCUT2D eigenvalue weighted by molar-refractivity contribution is 7.13. The van der Waals surface area contributed by atoms with E-state index >= 15 is 0 Å². The van der Waals surface area contributed by atoms with Crippen LogP contribution in [0.25, 0.3) is 10.4 Å². The first-order valence-electron chi connectivity index (χ1n) is 19.2. The van der Waals surface area contributed by atoms with Crippen molar-refractivity contribution in [2.24, 2.45) is 11.3 Å². The molecule has 3 N–H and O–H groups in total. The van der Waals surface area contributed by atoms with Crippen LogP contribution in [0.1, 0.15) is 83.5 Å². The highest BCUT2D eigenvalue weighted by Gasteiger charge is 2.45. The van der Waals surface area contributed by atoms with Crippen LogP contribution in [0.5, 0.6) is 0 Å². The number of piperidine rings is 1. The van der Waals surface area contributed by atoms with Crippen LogP contribution in [0, 0.1) is 18.3 Å². The number of aliphatic hydroxyl groups is 1. The molecule has 5 heterocycles. The molecule has 3 aliphatic heterocycles. The van der Waals surface area contributed by atoms with Gasteiger partial charge in [-0.05, 0) is 63.1 Å². The third-order valence-electron chi connectivity index (χ3n) is 10.7. The highest BCUT2D eigenvalue weighted by atomic mass is 32.1. The first kappa shape index (κ1) is 40.1. The summed E-state index contributed by atoms with van der Waals surface area (Å²) >= 11 is 1.58. The maximum atomic E-state index is 14.2. The Kier molecular flexibility index (Phi) is 11.9. The lowest BCUT2D eigenvalue weighted by Crippen LogP contribution is -2.58. The number of carbonyl (C=O) groups excluding carboxylic acids is 4. The smallest absolute Gasteiger partial charge is 0.410 e. The first-order valence-corrected chi connectivity index (χ1v) is 20.1. The van der Waals surface area contributed by atoms with Crippen molar-refractivity contribution in [1.29, 1.82) is 0 Å². The second kappa shape index (κ2) is 16.3. The number of hydrogen-bond acceptors (Lipinski definition) is 10. The van der Waals surface area contributed by atoms with Crippen molar-refractivity contribution in [3.63, 3.8) is 0 Å². The lowest BCUT2D eigenvalue weighted by Gasteiger charge is -2.42. The lowest BCUT2D eigenvalue weighted by atomic mass is 9.84. The molecule has 0 aliphatic carbocycles. The standard InChI is InChI=1S/C41H55N7O6S/c1-25-34(55-24-44-25)27-10-8-26(9-11-27)19-43-37(51)33-18-30(49)23-48(33)38(52)35(40(2,3)4)45-36(50)28-13-16-46(17-14-28)32-12-15-42-20-31(32)29-21-47(22-29)39(53)54-41(5,6)7/h8-12,15,20,24,28-30,33,35,49H,13-14,16-19,21-23H2,1-7H3,(H,43,51)(H,45,50)/t30-,33+,35-/m1/s1.